The van der Waals surface area contributed by atoms with E-state index < -0.39 is 6.10 Å². The second-order valence-electron chi connectivity index (χ2n) is 6.12. The molecule has 0 aromatic heterocycles. The van der Waals surface area contributed by atoms with Gasteiger partial charge in [-0.25, -0.2) is 0 Å². The summed E-state index contributed by atoms with van der Waals surface area (Å²) in [7, 11) is 0. The van der Waals surface area contributed by atoms with Crippen LogP contribution < -0.4 is 4.90 Å². The van der Waals surface area contributed by atoms with E-state index >= 15 is 0 Å². The maximum Gasteiger partial charge on any atom is 0.254 e. The molecule has 0 radical (unpaired) electrons. The largest absolute Gasteiger partial charge is 0.388 e. The molecule has 1 aromatic rings. The second kappa shape index (κ2) is 7.07. The lowest BCUT2D eigenvalue weighted by molar-refractivity contribution is 0.0520. The fourth-order valence-electron chi connectivity index (χ4n) is 3.38. The van der Waals surface area contributed by atoms with Crippen LogP contribution in [0.15, 0.2) is 18.2 Å². The predicted molar refractivity (Wildman–Crippen MR) is 90.2 cm³/mol. The Morgan fingerprint density at radius 1 is 1.39 bits per heavy atom. The molecule has 0 bridgehead atoms. The van der Waals surface area contributed by atoms with Crippen LogP contribution in [0.4, 0.5) is 5.69 Å². The number of nitrogens with zero attached hydrogens (tertiary/aromatic N) is 2. The Kier molecular flexibility index (Phi) is 5.09. The summed E-state index contributed by atoms with van der Waals surface area (Å²) in [6, 6.07) is 5.20. The van der Waals surface area contributed by atoms with Gasteiger partial charge in [0.15, 0.2) is 0 Å². The number of hydrogen-bond donors (Lipinski definition) is 1. The van der Waals surface area contributed by atoms with E-state index in [-0.39, 0.29) is 18.6 Å². The number of aliphatic hydroxyl groups is 1. The molecule has 126 valence electrons. The molecular weight excluding hydrogens is 316 g/mol. The molecule has 2 heterocycles. The van der Waals surface area contributed by atoms with Crippen LogP contribution in [0.25, 0.3) is 0 Å². The van der Waals surface area contributed by atoms with Gasteiger partial charge in [0.25, 0.3) is 5.91 Å². The smallest absolute Gasteiger partial charge is 0.254 e. The summed E-state index contributed by atoms with van der Waals surface area (Å²) in [4.78, 5) is 16.7. The zero-order valence-corrected chi connectivity index (χ0v) is 14.1. The van der Waals surface area contributed by atoms with E-state index in [9.17, 15) is 9.90 Å². The zero-order valence-electron chi connectivity index (χ0n) is 13.4. The van der Waals surface area contributed by atoms with Crippen molar-refractivity contribution in [3.8, 4) is 0 Å². The molecule has 5 nitrogen and oxygen atoms in total. The number of halogens is 1. The maximum absolute atomic E-state index is 12.8. The monoisotopic (exact) mass is 338 g/mol. The van der Waals surface area contributed by atoms with Crippen LogP contribution in [0.3, 0.4) is 0 Å². The molecule has 1 amide bonds. The molecular formula is C17H23ClN2O3. The van der Waals surface area contributed by atoms with E-state index in [0.29, 0.717) is 23.7 Å². The molecule has 0 unspecified atom stereocenters. The third-order valence-corrected chi connectivity index (χ3v) is 4.97. The third kappa shape index (κ3) is 3.32. The highest BCUT2D eigenvalue weighted by molar-refractivity contribution is 6.33. The van der Waals surface area contributed by atoms with Crippen molar-refractivity contribution in [1.29, 1.82) is 0 Å². The Morgan fingerprint density at radius 2 is 2.13 bits per heavy atom. The summed E-state index contributed by atoms with van der Waals surface area (Å²) >= 11 is 6.40. The van der Waals surface area contributed by atoms with Crippen molar-refractivity contribution in [1.82, 2.24) is 4.90 Å². The average molecular weight is 339 g/mol. The average Bonchev–Trinajstić information content (AvgIpc) is 3.20. The fraction of sp³-hybridized carbons (Fsp3) is 0.588. The Hall–Kier alpha value is -1.30. The number of amides is 1. The van der Waals surface area contributed by atoms with Gasteiger partial charge in [0, 0.05) is 25.2 Å². The lowest BCUT2D eigenvalue weighted by Gasteiger charge is -2.29. The van der Waals surface area contributed by atoms with Crippen LogP contribution in [0.1, 0.15) is 30.1 Å². The van der Waals surface area contributed by atoms with Crippen molar-refractivity contribution in [3.63, 3.8) is 0 Å². The van der Waals surface area contributed by atoms with Crippen LogP contribution >= 0.6 is 11.6 Å². The lowest BCUT2D eigenvalue weighted by atomic mass is 10.1. The van der Waals surface area contributed by atoms with Crippen molar-refractivity contribution in [2.45, 2.75) is 31.9 Å². The summed E-state index contributed by atoms with van der Waals surface area (Å²) < 4.78 is 5.27. The summed E-state index contributed by atoms with van der Waals surface area (Å²) in [5.41, 5.74) is 1.55. The number of ether oxygens (including phenoxy) is 1. The van der Waals surface area contributed by atoms with Gasteiger partial charge in [-0.1, -0.05) is 11.6 Å². The number of aliphatic hydroxyl groups excluding tert-OH is 1. The first kappa shape index (κ1) is 16.6. The van der Waals surface area contributed by atoms with Crippen LogP contribution in [-0.2, 0) is 4.74 Å². The van der Waals surface area contributed by atoms with E-state index in [1.54, 1.807) is 11.0 Å². The standard InChI is InChI=1S/C17H23ClN2O3/c1-2-20(15-10-23-11-16(15)21)17(22)12-5-6-14(13(18)9-12)19-7-3-4-8-19/h5-6,9,15-16,21H,2-4,7-8,10-11H2,1H3/t15-,16-/m0/s1. The van der Waals surface area contributed by atoms with Crippen LogP contribution in [0.2, 0.25) is 5.02 Å². The first-order valence-electron chi connectivity index (χ1n) is 8.23. The third-order valence-electron chi connectivity index (χ3n) is 4.66. The van der Waals surface area contributed by atoms with Gasteiger partial charge in [-0.05, 0) is 38.0 Å². The van der Waals surface area contributed by atoms with Gasteiger partial charge in [0.2, 0.25) is 0 Å². The summed E-state index contributed by atoms with van der Waals surface area (Å²) in [6.45, 7) is 5.11. The molecule has 2 aliphatic rings. The zero-order chi connectivity index (χ0) is 16.4. The molecule has 2 atom stereocenters. The van der Waals surface area contributed by atoms with Crippen molar-refractivity contribution < 1.29 is 14.6 Å². The first-order chi connectivity index (χ1) is 11.1. The van der Waals surface area contributed by atoms with E-state index in [1.807, 2.05) is 19.1 Å². The number of carbonyl (C=O) groups excluding carboxylic acids is 1. The van der Waals surface area contributed by atoms with Gasteiger partial charge in [0.1, 0.15) is 0 Å². The number of benzene rings is 1. The summed E-state index contributed by atoms with van der Waals surface area (Å²) in [6.07, 6.45) is 1.73. The van der Waals surface area contributed by atoms with E-state index in [2.05, 4.69) is 4.90 Å². The molecule has 1 N–H and O–H groups in total. The minimum Gasteiger partial charge on any atom is -0.388 e. The van der Waals surface area contributed by atoms with Crippen molar-refractivity contribution in [3.05, 3.63) is 28.8 Å². The summed E-state index contributed by atoms with van der Waals surface area (Å²) in [5, 5.41) is 10.6. The summed E-state index contributed by atoms with van der Waals surface area (Å²) in [5.74, 6) is -0.114. The molecule has 3 rings (SSSR count). The normalized spacial score (nSPS) is 24.2. The van der Waals surface area contributed by atoms with Crippen molar-refractivity contribution in [2.24, 2.45) is 0 Å². The number of rotatable bonds is 4. The van der Waals surface area contributed by atoms with Gasteiger partial charge in [0.05, 0.1) is 36.1 Å². The Bertz CT molecular complexity index is 575. The minimum absolute atomic E-state index is 0.114. The van der Waals surface area contributed by atoms with E-state index in [0.717, 1.165) is 18.8 Å². The number of hydrogen-bond acceptors (Lipinski definition) is 4. The lowest BCUT2D eigenvalue weighted by Crippen LogP contribution is -2.46. The molecule has 6 heteroatoms. The SMILES string of the molecule is CCN(C(=O)c1ccc(N2CCCC2)c(Cl)c1)[C@H]1COC[C@@H]1O. The van der Waals surface area contributed by atoms with Crippen LogP contribution in [0, 0.1) is 0 Å². The first-order valence-corrected chi connectivity index (χ1v) is 8.61. The highest BCUT2D eigenvalue weighted by Gasteiger charge is 2.34. The molecule has 2 saturated heterocycles. The van der Waals surface area contributed by atoms with Gasteiger partial charge in [-0.3, -0.25) is 4.79 Å². The van der Waals surface area contributed by atoms with Crippen molar-refractivity contribution in [2.75, 3.05) is 37.7 Å². The van der Waals surface area contributed by atoms with Gasteiger partial charge in [-0.2, -0.15) is 0 Å². The number of anilines is 1. The molecule has 0 saturated carbocycles. The topological polar surface area (TPSA) is 53.0 Å². The molecule has 23 heavy (non-hydrogen) atoms. The highest BCUT2D eigenvalue weighted by Crippen LogP contribution is 2.30. The fourth-order valence-corrected chi connectivity index (χ4v) is 3.68. The van der Waals surface area contributed by atoms with E-state index in [1.165, 1.54) is 12.8 Å². The Morgan fingerprint density at radius 3 is 2.70 bits per heavy atom. The Labute approximate surface area is 141 Å². The molecule has 0 spiro atoms. The minimum atomic E-state index is -0.627. The van der Waals surface area contributed by atoms with Crippen molar-refractivity contribution >= 4 is 23.2 Å². The quantitative estimate of drug-likeness (QED) is 0.914. The maximum atomic E-state index is 12.8. The van der Waals surface area contributed by atoms with Crippen LogP contribution in [-0.4, -0.2) is 60.9 Å². The molecule has 1 aromatic carbocycles. The molecule has 2 aliphatic heterocycles. The van der Waals surface area contributed by atoms with E-state index in [4.69, 9.17) is 16.3 Å². The van der Waals surface area contributed by atoms with Gasteiger partial charge in [-0.15, -0.1) is 0 Å². The Balaban J connectivity index is 1.79. The highest BCUT2D eigenvalue weighted by atomic mass is 35.5. The molecule has 0 aliphatic carbocycles. The van der Waals surface area contributed by atoms with Gasteiger partial charge < -0.3 is 19.6 Å². The number of likely N-dealkylation sites (N-methyl/N-ethyl adjacent to an activating group) is 1. The van der Waals surface area contributed by atoms with Crippen LogP contribution in [0.5, 0.6) is 0 Å². The second-order valence-corrected chi connectivity index (χ2v) is 6.53. The molecule has 2 fully saturated rings. The number of carbonyl (C=O) groups is 1. The predicted octanol–water partition coefficient (Wildman–Crippen LogP) is 2.16. The van der Waals surface area contributed by atoms with Gasteiger partial charge >= 0.3 is 0 Å².